The predicted molar refractivity (Wildman–Crippen MR) is 127 cm³/mol. The number of hydrogen-bond acceptors (Lipinski definition) is 6. The molecule has 1 amide bonds. The lowest BCUT2D eigenvalue weighted by atomic mass is 10.2. The minimum Gasteiger partial charge on any atom is -0.488 e. The van der Waals surface area contributed by atoms with Crippen LogP contribution in [-0.4, -0.2) is 40.8 Å². The first-order valence-electron chi connectivity index (χ1n) is 10.4. The van der Waals surface area contributed by atoms with Gasteiger partial charge in [0.2, 0.25) is 0 Å². The molecule has 0 unspecified atom stereocenters. The van der Waals surface area contributed by atoms with Crippen LogP contribution < -0.4 is 14.8 Å². The van der Waals surface area contributed by atoms with E-state index >= 15 is 0 Å². The zero-order valence-corrected chi connectivity index (χ0v) is 19.8. The maximum Gasteiger partial charge on any atom is 0.257 e. The Labute approximate surface area is 193 Å². The third kappa shape index (κ3) is 7.03. The molecule has 0 bridgehead atoms. The van der Waals surface area contributed by atoms with Gasteiger partial charge in [-0.3, -0.25) is 9.48 Å². The molecule has 0 spiro atoms. The predicted octanol–water partition coefficient (Wildman–Crippen LogP) is 5.38. The molecule has 0 aliphatic carbocycles. The van der Waals surface area contributed by atoms with Gasteiger partial charge >= 0.3 is 0 Å². The topological polar surface area (TPSA) is 74.6 Å². The minimum absolute atomic E-state index is 0.186. The Morgan fingerprint density at radius 1 is 1.06 bits per heavy atom. The zero-order chi connectivity index (χ0) is 23.1. The molecule has 0 aliphatic heterocycles. The van der Waals surface area contributed by atoms with Crippen LogP contribution in [0.15, 0.2) is 59.6 Å². The average Bonchev–Trinajstić information content (AvgIpc) is 3.13. The second-order valence-electron chi connectivity index (χ2n) is 7.65. The van der Waals surface area contributed by atoms with Crippen LogP contribution in [0.5, 0.6) is 17.2 Å². The fourth-order valence-electron chi connectivity index (χ4n) is 3.00. The van der Waals surface area contributed by atoms with E-state index in [1.54, 1.807) is 61.1 Å². The quantitative estimate of drug-likeness (QED) is 0.414. The molecule has 170 valence electrons. The van der Waals surface area contributed by atoms with Crippen molar-refractivity contribution in [3.63, 3.8) is 0 Å². The highest BCUT2D eigenvalue weighted by atomic mass is 32.2. The number of aryl methyl sites for hydroxylation is 1. The molecule has 3 aromatic rings. The summed E-state index contributed by atoms with van der Waals surface area (Å²) in [6, 6.07) is 14.7. The Kier molecular flexibility index (Phi) is 8.19. The maximum absolute atomic E-state index is 12.8. The van der Waals surface area contributed by atoms with Crippen molar-refractivity contribution < 1.29 is 19.0 Å². The summed E-state index contributed by atoms with van der Waals surface area (Å²) in [5.74, 6) is 1.86. The molecule has 1 heterocycles. The largest absolute Gasteiger partial charge is 0.488 e. The molecule has 0 aliphatic rings. The fourth-order valence-corrected chi connectivity index (χ4v) is 3.83. The van der Waals surface area contributed by atoms with Gasteiger partial charge < -0.3 is 19.5 Å². The molecule has 1 atom stereocenters. The van der Waals surface area contributed by atoms with Gasteiger partial charge in [0, 0.05) is 48.2 Å². The molecule has 1 N–H and O–H groups in total. The molecule has 32 heavy (non-hydrogen) atoms. The van der Waals surface area contributed by atoms with E-state index in [0.717, 1.165) is 0 Å². The highest BCUT2D eigenvalue weighted by Gasteiger charge is 2.14. The first-order valence-corrected chi connectivity index (χ1v) is 11.3. The Hall–Kier alpha value is -2.97. The number of hydrogen-bond donors (Lipinski definition) is 1. The summed E-state index contributed by atoms with van der Waals surface area (Å²) in [5.41, 5.74) is 0.403. The van der Waals surface area contributed by atoms with Gasteiger partial charge in [-0.1, -0.05) is 13.8 Å². The monoisotopic (exact) mass is 455 g/mol. The van der Waals surface area contributed by atoms with Crippen molar-refractivity contribution in [3.8, 4) is 17.2 Å². The van der Waals surface area contributed by atoms with Crippen LogP contribution >= 0.6 is 11.8 Å². The fraction of sp³-hybridized carbons (Fsp3) is 0.333. The minimum atomic E-state index is -0.304. The molecule has 0 radical (unpaired) electrons. The van der Waals surface area contributed by atoms with E-state index in [2.05, 4.69) is 24.3 Å². The molecule has 3 rings (SSSR count). The van der Waals surface area contributed by atoms with Crippen molar-refractivity contribution in [1.82, 2.24) is 9.78 Å². The third-order valence-electron chi connectivity index (χ3n) is 4.27. The van der Waals surface area contributed by atoms with Crippen molar-refractivity contribution >= 4 is 23.5 Å². The van der Waals surface area contributed by atoms with Gasteiger partial charge in [-0.05, 0) is 43.3 Å². The molecule has 1 aromatic heterocycles. The summed E-state index contributed by atoms with van der Waals surface area (Å²) in [6.07, 6.45) is 1.58. The second kappa shape index (κ2) is 11.1. The van der Waals surface area contributed by atoms with Gasteiger partial charge in [-0.15, -0.1) is 11.8 Å². The Balaban J connectivity index is 1.83. The first kappa shape index (κ1) is 23.7. The molecule has 0 saturated carbocycles. The summed E-state index contributed by atoms with van der Waals surface area (Å²) in [6.45, 7) is 6.64. The van der Waals surface area contributed by atoms with Crippen molar-refractivity contribution in [2.45, 2.75) is 37.0 Å². The SMILES string of the molecule is COC[C@H](C)Oc1cc(Oc2ccc(SC(C)C)cc2)cc(C(=O)Nc2ccn(C)n2)c1. The summed E-state index contributed by atoms with van der Waals surface area (Å²) < 4.78 is 18.8. The number of carbonyl (C=O) groups excluding carboxylic acids is 1. The first-order chi connectivity index (χ1) is 15.3. The standard InChI is InChI=1S/C24H29N3O4S/c1-16(2)32-22-8-6-19(7-9-22)31-21-13-18(12-20(14-21)30-17(3)15-29-5)24(28)25-23-10-11-27(4)26-23/h6-14,16-17H,15H2,1-5H3,(H,25,26,28)/t17-/m0/s1. The average molecular weight is 456 g/mol. The third-order valence-corrected chi connectivity index (χ3v) is 5.28. The number of nitrogens with one attached hydrogen (secondary N) is 1. The molecule has 0 saturated heterocycles. The number of benzene rings is 2. The van der Waals surface area contributed by atoms with Gasteiger partial charge in [0.25, 0.3) is 5.91 Å². The van der Waals surface area contributed by atoms with Crippen LogP contribution in [0, 0.1) is 0 Å². The molecular weight excluding hydrogens is 426 g/mol. The number of thioether (sulfide) groups is 1. The van der Waals surface area contributed by atoms with E-state index in [1.165, 1.54) is 4.90 Å². The number of ether oxygens (including phenoxy) is 3. The van der Waals surface area contributed by atoms with Gasteiger partial charge in [0.1, 0.15) is 23.4 Å². The Bertz CT molecular complexity index is 1030. The van der Waals surface area contributed by atoms with Crippen LogP contribution in [0.3, 0.4) is 0 Å². The number of amides is 1. The lowest BCUT2D eigenvalue weighted by molar-refractivity contribution is 0.0915. The van der Waals surface area contributed by atoms with Crippen LogP contribution in [0.1, 0.15) is 31.1 Å². The van der Waals surface area contributed by atoms with Crippen molar-refractivity contribution in [2.24, 2.45) is 7.05 Å². The van der Waals surface area contributed by atoms with Crippen molar-refractivity contribution in [2.75, 3.05) is 19.0 Å². The van der Waals surface area contributed by atoms with Gasteiger partial charge in [0.15, 0.2) is 5.82 Å². The normalized spacial score (nSPS) is 11.9. The molecule has 2 aromatic carbocycles. The summed E-state index contributed by atoms with van der Waals surface area (Å²) in [5, 5.41) is 7.49. The second-order valence-corrected chi connectivity index (χ2v) is 9.30. The number of methoxy groups -OCH3 is 1. The highest BCUT2D eigenvalue weighted by Crippen LogP contribution is 2.31. The van der Waals surface area contributed by atoms with Crippen LogP contribution in [0.4, 0.5) is 5.82 Å². The van der Waals surface area contributed by atoms with E-state index in [1.807, 2.05) is 31.2 Å². The van der Waals surface area contributed by atoms with Gasteiger partial charge in [-0.2, -0.15) is 5.10 Å². The zero-order valence-electron chi connectivity index (χ0n) is 19.0. The van der Waals surface area contributed by atoms with E-state index in [0.29, 0.717) is 40.5 Å². The maximum atomic E-state index is 12.8. The molecule has 0 fully saturated rings. The number of rotatable bonds is 10. The number of carbonyl (C=O) groups is 1. The number of nitrogens with zero attached hydrogens (tertiary/aromatic N) is 2. The Morgan fingerprint density at radius 3 is 2.41 bits per heavy atom. The molecule has 7 nitrogen and oxygen atoms in total. The number of anilines is 1. The van der Waals surface area contributed by atoms with E-state index in [9.17, 15) is 4.79 Å². The van der Waals surface area contributed by atoms with Gasteiger partial charge in [0.05, 0.1) is 6.61 Å². The lowest BCUT2D eigenvalue weighted by Crippen LogP contribution is -2.18. The highest BCUT2D eigenvalue weighted by molar-refractivity contribution is 7.99. The van der Waals surface area contributed by atoms with Crippen molar-refractivity contribution in [1.29, 1.82) is 0 Å². The van der Waals surface area contributed by atoms with E-state index in [-0.39, 0.29) is 12.0 Å². The van der Waals surface area contributed by atoms with E-state index in [4.69, 9.17) is 14.2 Å². The van der Waals surface area contributed by atoms with Crippen LogP contribution in [0.2, 0.25) is 0 Å². The molecule has 8 heteroatoms. The van der Waals surface area contributed by atoms with Crippen molar-refractivity contribution in [3.05, 3.63) is 60.3 Å². The van der Waals surface area contributed by atoms with Crippen LogP contribution in [-0.2, 0) is 11.8 Å². The summed E-state index contributed by atoms with van der Waals surface area (Å²) in [7, 11) is 3.41. The van der Waals surface area contributed by atoms with E-state index < -0.39 is 0 Å². The Morgan fingerprint density at radius 2 is 1.78 bits per heavy atom. The molecular formula is C24H29N3O4S. The smallest absolute Gasteiger partial charge is 0.257 e. The summed E-state index contributed by atoms with van der Waals surface area (Å²) >= 11 is 1.79. The van der Waals surface area contributed by atoms with Crippen LogP contribution in [0.25, 0.3) is 0 Å². The van der Waals surface area contributed by atoms with Gasteiger partial charge in [-0.25, -0.2) is 0 Å². The number of aromatic nitrogens is 2. The summed E-state index contributed by atoms with van der Waals surface area (Å²) in [4.78, 5) is 14.0. The lowest BCUT2D eigenvalue weighted by Gasteiger charge is -2.16.